The molecule has 52 valence electrons. The zero-order valence-corrected chi connectivity index (χ0v) is 6.72. The van der Waals surface area contributed by atoms with Crippen LogP contribution in [0.15, 0.2) is 22.7 Å². The van der Waals surface area contributed by atoms with E-state index in [4.69, 9.17) is 9.47 Å². The summed E-state index contributed by atoms with van der Waals surface area (Å²) in [5.74, 6) is 1.64. The maximum atomic E-state index is 5.13. The maximum absolute atomic E-state index is 5.13. The number of halogens is 1. The molecule has 3 heteroatoms. The van der Waals surface area contributed by atoms with Crippen molar-refractivity contribution < 1.29 is 9.47 Å². The molecule has 2 rings (SSSR count). The third kappa shape index (κ3) is 0.865. The molecule has 0 spiro atoms. The fraction of sp³-hybridized carbons (Fsp3) is 0.143. The fourth-order valence-electron chi connectivity index (χ4n) is 0.870. The van der Waals surface area contributed by atoms with Crippen LogP contribution in [0.4, 0.5) is 0 Å². The van der Waals surface area contributed by atoms with Crippen LogP contribution in [0.1, 0.15) is 0 Å². The Morgan fingerprint density at radius 1 is 1.20 bits per heavy atom. The lowest BCUT2D eigenvalue weighted by molar-refractivity contribution is 0.174. The van der Waals surface area contributed by atoms with Gasteiger partial charge in [0.1, 0.15) is 0 Å². The number of fused-ring (bicyclic) bond motifs is 1. The molecule has 0 aliphatic carbocycles. The zero-order chi connectivity index (χ0) is 6.97. The quantitative estimate of drug-likeness (QED) is 0.657. The van der Waals surface area contributed by atoms with Gasteiger partial charge in [-0.2, -0.15) is 0 Å². The maximum Gasteiger partial charge on any atom is 0.231 e. The summed E-state index contributed by atoms with van der Waals surface area (Å²) in [5.41, 5.74) is 0. The molecule has 0 amide bonds. The first-order valence-corrected chi connectivity index (χ1v) is 3.71. The summed E-state index contributed by atoms with van der Waals surface area (Å²) in [6, 6.07) is 5.70. The molecule has 1 aromatic rings. The lowest BCUT2D eigenvalue weighted by Crippen LogP contribution is -1.92. The molecule has 0 unspecified atom stereocenters. The molecule has 1 aliphatic rings. The van der Waals surface area contributed by atoms with Gasteiger partial charge in [-0.15, -0.1) is 0 Å². The molecule has 0 atom stereocenters. The molecule has 1 aromatic carbocycles. The van der Waals surface area contributed by atoms with Crippen molar-refractivity contribution in [2.24, 2.45) is 0 Å². The highest BCUT2D eigenvalue weighted by Crippen LogP contribution is 2.33. The van der Waals surface area contributed by atoms with Gasteiger partial charge in [-0.05, 0) is 18.2 Å². The predicted molar refractivity (Wildman–Crippen MR) is 40.3 cm³/mol. The average molecular weight is 213 g/mol. The Kier molecular flexibility index (Phi) is 1.31. The molecule has 0 saturated heterocycles. The van der Waals surface area contributed by atoms with Crippen LogP contribution in [0.25, 0.3) is 0 Å². The summed E-state index contributed by atoms with van der Waals surface area (Å²) in [6.45, 7) is 0.339. The summed E-state index contributed by atoms with van der Waals surface area (Å²) >= 11 is 3.33. The first-order valence-electron chi connectivity index (χ1n) is 2.91. The van der Waals surface area contributed by atoms with Crippen molar-refractivity contribution in [2.45, 2.75) is 0 Å². The Balaban J connectivity index is 2.52. The summed E-state index contributed by atoms with van der Waals surface area (Å²) in [6.07, 6.45) is 0. The third-order valence-corrected chi connectivity index (χ3v) is 1.83. The molecule has 1 aliphatic heterocycles. The zero-order valence-electron chi connectivity index (χ0n) is 5.13. The number of hydrogen-bond donors (Lipinski definition) is 0. The van der Waals surface area contributed by atoms with E-state index in [1.807, 2.05) is 18.2 Å². The van der Waals surface area contributed by atoms with Crippen molar-refractivity contribution in [3.8, 4) is 11.5 Å². The summed E-state index contributed by atoms with van der Waals surface area (Å²) < 4.78 is 11.2. The Morgan fingerprint density at radius 3 is 2.90 bits per heavy atom. The van der Waals surface area contributed by atoms with Crippen LogP contribution >= 0.6 is 15.9 Å². The largest absolute Gasteiger partial charge is 0.454 e. The van der Waals surface area contributed by atoms with E-state index in [1.165, 1.54) is 0 Å². The van der Waals surface area contributed by atoms with Gasteiger partial charge in [0.05, 0.1) is 0 Å². The fourth-order valence-corrected chi connectivity index (χ4v) is 1.21. The molecule has 0 radical (unpaired) electrons. The van der Waals surface area contributed by atoms with Crippen molar-refractivity contribution in [2.75, 3.05) is 6.79 Å². The second-order valence-corrected chi connectivity index (χ2v) is 2.91. The van der Waals surface area contributed by atoms with Crippen molar-refractivity contribution in [3.05, 3.63) is 22.7 Å². The molecule has 1 heterocycles. The van der Waals surface area contributed by atoms with E-state index in [1.54, 1.807) is 0 Å². The Bertz CT molecular complexity index is 260. The highest BCUT2D eigenvalue weighted by molar-refractivity contribution is 9.10. The van der Waals surface area contributed by atoms with Gasteiger partial charge in [0.25, 0.3) is 0 Å². The highest BCUT2D eigenvalue weighted by atomic mass is 79.9. The van der Waals surface area contributed by atoms with Crippen LogP contribution in [-0.2, 0) is 0 Å². The lowest BCUT2D eigenvalue weighted by atomic mass is 11.5. The van der Waals surface area contributed by atoms with Gasteiger partial charge in [-0.3, -0.25) is 0 Å². The van der Waals surface area contributed by atoms with E-state index in [9.17, 15) is 0 Å². The van der Waals surface area contributed by atoms with Gasteiger partial charge in [-0.25, -0.2) is 0 Å². The minimum Gasteiger partial charge on any atom is -0.454 e. The van der Waals surface area contributed by atoms with Gasteiger partial charge in [0.2, 0.25) is 6.79 Å². The molecular weight excluding hydrogens is 208 g/mol. The molecular formula is C7H5BrO2. The smallest absolute Gasteiger partial charge is 0.231 e. The van der Waals surface area contributed by atoms with E-state index in [0.717, 1.165) is 16.0 Å². The first-order chi connectivity index (χ1) is 4.86. The molecule has 0 N–H and O–H groups in total. The van der Waals surface area contributed by atoms with Gasteiger partial charge in [0.15, 0.2) is 11.5 Å². The van der Waals surface area contributed by atoms with E-state index >= 15 is 0 Å². The highest BCUT2D eigenvalue weighted by Gasteiger charge is 2.11. The summed E-state index contributed by atoms with van der Waals surface area (Å²) in [7, 11) is 0. The third-order valence-electron chi connectivity index (χ3n) is 1.33. The molecule has 10 heavy (non-hydrogen) atoms. The predicted octanol–water partition coefficient (Wildman–Crippen LogP) is 2.18. The van der Waals surface area contributed by atoms with E-state index < -0.39 is 0 Å². The van der Waals surface area contributed by atoms with Gasteiger partial charge < -0.3 is 9.47 Å². The van der Waals surface area contributed by atoms with Crippen LogP contribution in [0.5, 0.6) is 11.5 Å². The minimum absolute atomic E-state index is 0.339. The normalized spacial score (nSPS) is 13.7. The SMILES string of the molecule is Br[14c]1[14cH][14cH][14c]2[14c]([14cH]1)OCO2. The average Bonchev–Trinajstić information content (AvgIpc) is 2.33. The number of ether oxygens (including phenoxy) is 2. The van der Waals surface area contributed by atoms with E-state index in [0.29, 0.717) is 6.79 Å². The van der Waals surface area contributed by atoms with Crippen LogP contribution < -0.4 is 9.47 Å². The number of hydrogen-bond acceptors (Lipinski definition) is 2. The summed E-state index contributed by atoms with van der Waals surface area (Å²) in [4.78, 5) is 0. The van der Waals surface area contributed by atoms with Crippen LogP contribution in [-0.4, -0.2) is 6.79 Å². The lowest BCUT2D eigenvalue weighted by Gasteiger charge is -1.93. The van der Waals surface area contributed by atoms with E-state index in [2.05, 4.69) is 15.9 Å². The van der Waals surface area contributed by atoms with Crippen molar-refractivity contribution in [1.29, 1.82) is 0 Å². The monoisotopic (exact) mass is 212 g/mol. The van der Waals surface area contributed by atoms with Crippen molar-refractivity contribution in [3.63, 3.8) is 0 Å². The molecule has 2 nitrogen and oxygen atoms in total. The Morgan fingerprint density at radius 2 is 2.00 bits per heavy atom. The summed E-state index contributed by atoms with van der Waals surface area (Å²) in [5, 5.41) is 0. The second kappa shape index (κ2) is 2.16. The van der Waals surface area contributed by atoms with Crippen molar-refractivity contribution in [1.82, 2.24) is 0 Å². The Hall–Kier alpha value is -0.700. The first kappa shape index (κ1) is 6.04. The van der Waals surface area contributed by atoms with Crippen LogP contribution in [0, 0.1) is 0 Å². The van der Waals surface area contributed by atoms with Gasteiger partial charge in [-0.1, -0.05) is 15.9 Å². The standard InChI is InChI=1S/C7H5BrO2/c8-5-1-2-6-7(3-5)10-4-9-6/h1-3H,4H2/i1+2,2+2,3+2,5+2,6+2,7+2. The van der Waals surface area contributed by atoms with E-state index in [-0.39, 0.29) is 0 Å². The second-order valence-electron chi connectivity index (χ2n) is 2.00. The van der Waals surface area contributed by atoms with Gasteiger partial charge in [0, 0.05) is 4.47 Å². The number of rotatable bonds is 0. The van der Waals surface area contributed by atoms with Crippen LogP contribution in [0.2, 0.25) is 0 Å². The number of benzene rings is 1. The molecule has 0 fully saturated rings. The minimum atomic E-state index is 0.339. The molecule has 0 aromatic heterocycles. The van der Waals surface area contributed by atoms with Crippen LogP contribution in [0.3, 0.4) is 0 Å². The molecule has 0 saturated carbocycles. The van der Waals surface area contributed by atoms with Crippen molar-refractivity contribution >= 4 is 15.9 Å². The molecule has 0 bridgehead atoms. The Labute approximate surface area is 66.9 Å². The van der Waals surface area contributed by atoms with Gasteiger partial charge >= 0.3 is 0 Å². The topological polar surface area (TPSA) is 18.5 Å².